The highest BCUT2D eigenvalue weighted by Gasteiger charge is 2.31. The number of esters is 1. The first-order valence-corrected chi connectivity index (χ1v) is 10.6. The molecule has 0 atom stereocenters. The zero-order chi connectivity index (χ0) is 21.5. The number of thiazole rings is 1. The molecule has 1 aliphatic heterocycles. The predicted molar refractivity (Wildman–Crippen MR) is 113 cm³/mol. The van der Waals surface area contributed by atoms with E-state index in [1.54, 1.807) is 17.2 Å². The minimum atomic E-state index is -0.363. The Morgan fingerprint density at radius 1 is 1.17 bits per heavy atom. The fourth-order valence-corrected chi connectivity index (χ4v) is 3.72. The first-order valence-electron chi connectivity index (χ1n) is 9.69. The number of hydrogen-bond acceptors (Lipinski definition) is 7. The van der Waals surface area contributed by atoms with Gasteiger partial charge in [-0.05, 0) is 38.1 Å². The number of carbonyl (C=O) groups is 3. The highest BCUT2D eigenvalue weighted by atomic mass is 32.1. The largest absolute Gasteiger partial charge is 0.494 e. The molecule has 0 bridgehead atoms. The minimum Gasteiger partial charge on any atom is -0.494 e. The summed E-state index contributed by atoms with van der Waals surface area (Å²) < 4.78 is 10.3. The van der Waals surface area contributed by atoms with E-state index in [-0.39, 0.29) is 30.9 Å². The van der Waals surface area contributed by atoms with Gasteiger partial charge in [0.05, 0.1) is 25.3 Å². The van der Waals surface area contributed by atoms with Crippen LogP contribution in [0.25, 0.3) is 0 Å². The van der Waals surface area contributed by atoms with Crippen molar-refractivity contribution in [2.24, 2.45) is 0 Å². The number of amides is 3. The molecule has 9 nitrogen and oxygen atoms in total. The Labute approximate surface area is 178 Å². The van der Waals surface area contributed by atoms with Crippen molar-refractivity contribution in [1.82, 2.24) is 9.88 Å². The van der Waals surface area contributed by atoms with E-state index in [4.69, 9.17) is 9.47 Å². The summed E-state index contributed by atoms with van der Waals surface area (Å²) in [6.07, 6.45) is 0.0574. The van der Waals surface area contributed by atoms with Crippen molar-refractivity contribution < 1.29 is 23.9 Å². The summed E-state index contributed by atoms with van der Waals surface area (Å²) in [5.74, 6) is 0.0431. The van der Waals surface area contributed by atoms with E-state index < -0.39 is 0 Å². The normalized spacial score (nSPS) is 13.5. The highest BCUT2D eigenvalue weighted by Crippen LogP contribution is 2.23. The van der Waals surface area contributed by atoms with Crippen LogP contribution in [0.4, 0.5) is 15.6 Å². The van der Waals surface area contributed by atoms with Gasteiger partial charge in [-0.3, -0.25) is 14.5 Å². The van der Waals surface area contributed by atoms with E-state index in [2.05, 4.69) is 10.3 Å². The summed E-state index contributed by atoms with van der Waals surface area (Å²) in [5.41, 5.74) is 1.29. The Morgan fingerprint density at radius 3 is 2.63 bits per heavy atom. The third-order valence-corrected chi connectivity index (χ3v) is 5.12. The van der Waals surface area contributed by atoms with Gasteiger partial charge in [0.25, 0.3) is 0 Å². The first-order chi connectivity index (χ1) is 14.5. The number of nitrogens with zero attached hydrogens (tertiary/aromatic N) is 3. The molecular weight excluding hydrogens is 408 g/mol. The standard InChI is InChI=1S/C20H24N4O5S/c1-3-28-16-7-5-15(6-8-16)24-10-9-23(20(24)27)12-17(25)22-19-21-14(13-30-19)11-18(26)29-4-2/h5-8,13H,3-4,9-12H2,1-2H3,(H,21,22,25). The number of hydrogen-bond donors (Lipinski definition) is 1. The number of benzene rings is 1. The van der Waals surface area contributed by atoms with Crippen LogP contribution in [0.2, 0.25) is 0 Å². The Bertz CT molecular complexity index is 899. The summed E-state index contributed by atoms with van der Waals surface area (Å²) in [6.45, 7) is 5.42. The molecule has 1 saturated heterocycles. The summed E-state index contributed by atoms with van der Waals surface area (Å²) in [6, 6.07) is 7.06. The molecule has 2 heterocycles. The van der Waals surface area contributed by atoms with Crippen molar-refractivity contribution in [3.05, 3.63) is 35.3 Å². The fourth-order valence-electron chi connectivity index (χ4n) is 3.00. The Morgan fingerprint density at radius 2 is 1.93 bits per heavy atom. The molecule has 2 aromatic rings. The van der Waals surface area contributed by atoms with Crippen LogP contribution in [0.15, 0.2) is 29.6 Å². The van der Waals surface area contributed by atoms with Crippen molar-refractivity contribution in [3.63, 3.8) is 0 Å². The number of nitrogens with one attached hydrogen (secondary N) is 1. The first kappa shape index (κ1) is 21.6. The van der Waals surface area contributed by atoms with Crippen molar-refractivity contribution in [2.45, 2.75) is 20.3 Å². The van der Waals surface area contributed by atoms with E-state index in [0.717, 1.165) is 11.4 Å². The molecule has 0 spiro atoms. The Hall–Kier alpha value is -3.14. The van der Waals surface area contributed by atoms with Gasteiger partial charge in [-0.15, -0.1) is 11.3 Å². The molecule has 1 N–H and O–H groups in total. The van der Waals surface area contributed by atoms with Crippen LogP contribution < -0.4 is 15.0 Å². The average molecular weight is 433 g/mol. The molecular formula is C20H24N4O5S. The highest BCUT2D eigenvalue weighted by molar-refractivity contribution is 7.13. The quantitative estimate of drug-likeness (QED) is 0.611. The summed E-state index contributed by atoms with van der Waals surface area (Å²) in [5, 5.41) is 4.76. The maximum absolute atomic E-state index is 12.7. The molecule has 0 aliphatic carbocycles. The third-order valence-electron chi connectivity index (χ3n) is 4.32. The molecule has 1 aromatic carbocycles. The minimum absolute atomic E-state index is 0.0574. The second-order valence-corrected chi connectivity index (χ2v) is 7.31. The molecule has 160 valence electrons. The van der Waals surface area contributed by atoms with Crippen LogP contribution in [-0.4, -0.2) is 60.6 Å². The molecule has 3 amide bonds. The van der Waals surface area contributed by atoms with Crippen LogP contribution >= 0.6 is 11.3 Å². The van der Waals surface area contributed by atoms with Crippen LogP contribution in [0.1, 0.15) is 19.5 Å². The molecule has 10 heteroatoms. The molecule has 3 rings (SSSR count). The van der Waals surface area contributed by atoms with Crippen molar-refractivity contribution in [1.29, 1.82) is 0 Å². The van der Waals surface area contributed by atoms with Gasteiger partial charge in [0.15, 0.2) is 5.13 Å². The van der Waals surface area contributed by atoms with Crippen LogP contribution in [0.3, 0.4) is 0 Å². The van der Waals surface area contributed by atoms with E-state index in [1.807, 2.05) is 31.2 Å². The summed E-state index contributed by atoms with van der Waals surface area (Å²) in [4.78, 5) is 43.8. The maximum Gasteiger partial charge on any atom is 0.325 e. The second kappa shape index (κ2) is 10.1. The lowest BCUT2D eigenvalue weighted by atomic mass is 10.3. The SMILES string of the molecule is CCOC(=O)Cc1csc(NC(=O)CN2CCN(c3ccc(OCC)cc3)C2=O)n1. The van der Waals surface area contributed by atoms with Gasteiger partial charge in [-0.1, -0.05) is 0 Å². The lowest BCUT2D eigenvalue weighted by Gasteiger charge is -2.18. The number of carbonyl (C=O) groups excluding carboxylic acids is 3. The Balaban J connectivity index is 1.52. The second-order valence-electron chi connectivity index (χ2n) is 6.46. The van der Waals surface area contributed by atoms with Gasteiger partial charge >= 0.3 is 12.0 Å². The third kappa shape index (κ3) is 5.47. The van der Waals surface area contributed by atoms with Crippen LogP contribution in [0, 0.1) is 0 Å². The summed E-state index contributed by atoms with van der Waals surface area (Å²) >= 11 is 1.22. The van der Waals surface area contributed by atoms with Crippen molar-refractivity contribution >= 4 is 40.1 Å². The van der Waals surface area contributed by atoms with Crippen molar-refractivity contribution in [2.75, 3.05) is 43.1 Å². The number of rotatable bonds is 9. The molecule has 1 aromatic heterocycles. The monoisotopic (exact) mass is 432 g/mol. The number of anilines is 2. The van der Waals surface area contributed by atoms with Crippen molar-refractivity contribution in [3.8, 4) is 5.75 Å². The summed E-state index contributed by atoms with van der Waals surface area (Å²) in [7, 11) is 0. The molecule has 30 heavy (non-hydrogen) atoms. The molecule has 1 fully saturated rings. The van der Waals surface area contributed by atoms with Gasteiger partial charge < -0.3 is 19.7 Å². The molecule has 1 aliphatic rings. The van der Waals surface area contributed by atoms with Crippen LogP contribution in [-0.2, 0) is 20.7 Å². The van der Waals surface area contributed by atoms with E-state index in [0.29, 0.717) is 37.1 Å². The number of ether oxygens (including phenoxy) is 2. The van der Waals surface area contributed by atoms with Gasteiger partial charge in [-0.2, -0.15) is 0 Å². The molecule has 0 radical (unpaired) electrons. The maximum atomic E-state index is 12.7. The van der Waals surface area contributed by atoms with Gasteiger partial charge in [-0.25, -0.2) is 9.78 Å². The Kier molecular flexibility index (Phi) is 7.23. The van der Waals surface area contributed by atoms with Crippen LogP contribution in [0.5, 0.6) is 5.75 Å². The zero-order valence-electron chi connectivity index (χ0n) is 16.9. The molecule has 0 saturated carbocycles. The van der Waals surface area contributed by atoms with Gasteiger partial charge in [0, 0.05) is 24.2 Å². The van der Waals surface area contributed by atoms with E-state index in [9.17, 15) is 14.4 Å². The van der Waals surface area contributed by atoms with Gasteiger partial charge in [0.1, 0.15) is 12.3 Å². The smallest absolute Gasteiger partial charge is 0.325 e. The lowest BCUT2D eigenvalue weighted by Crippen LogP contribution is -2.37. The predicted octanol–water partition coefficient (Wildman–Crippen LogP) is 2.53. The topological polar surface area (TPSA) is 101 Å². The fraction of sp³-hybridized carbons (Fsp3) is 0.400. The number of aromatic nitrogens is 1. The van der Waals surface area contributed by atoms with E-state index in [1.165, 1.54) is 16.2 Å². The van der Waals surface area contributed by atoms with Gasteiger partial charge in [0.2, 0.25) is 5.91 Å². The molecule has 0 unspecified atom stereocenters. The lowest BCUT2D eigenvalue weighted by molar-refractivity contribution is -0.142. The van der Waals surface area contributed by atoms with E-state index >= 15 is 0 Å². The zero-order valence-corrected chi connectivity index (χ0v) is 17.7. The number of urea groups is 1. The average Bonchev–Trinajstić information content (AvgIpc) is 3.29.